The van der Waals surface area contributed by atoms with Crippen molar-refractivity contribution in [3.8, 4) is 11.5 Å². The zero-order valence-electron chi connectivity index (χ0n) is 16.6. The summed E-state index contributed by atoms with van der Waals surface area (Å²) >= 11 is 5.13. The molecule has 2 aromatic rings. The zero-order valence-corrected chi connectivity index (χ0v) is 19.6. The molecule has 0 spiro atoms. The largest absolute Gasteiger partial charge is 0.508 e. The molecule has 1 heterocycles. The van der Waals surface area contributed by atoms with Gasteiger partial charge in [-0.3, -0.25) is 0 Å². The summed E-state index contributed by atoms with van der Waals surface area (Å²) in [5.41, 5.74) is 5.11. The van der Waals surface area contributed by atoms with Crippen LogP contribution in [0.3, 0.4) is 0 Å². The molecule has 1 aliphatic heterocycles. The standard InChI is InChI=1S/C22H27IN2O2S/c1-5-8-24-17-9-14(7-6-13(17)4)20-21(23-25-22(20)28)16-10-15(12(2)3)18(26)11-19(16)27/h6-7,9-12,20,24,26-27H,5,8H2,1-4H3,(H,25,28)/t20-/m1/s1. The third-order valence-corrected chi connectivity index (χ3v) is 8.28. The summed E-state index contributed by atoms with van der Waals surface area (Å²) in [4.78, 5) is 0.812. The number of nitrogens with one attached hydrogen (secondary N) is 2. The van der Waals surface area contributed by atoms with Crippen LogP contribution in [0.5, 0.6) is 11.5 Å². The molecule has 0 aromatic heterocycles. The number of phenols is 2. The Hall–Kier alpha value is -1.67. The maximum atomic E-state index is 10.6. The monoisotopic (exact) mass is 510 g/mol. The van der Waals surface area contributed by atoms with E-state index in [0.29, 0.717) is 0 Å². The molecular formula is C22H27IN2O2S. The number of halogens is 1. The van der Waals surface area contributed by atoms with Crippen LogP contribution in [-0.2, 0) is 0 Å². The third kappa shape index (κ3) is 4.17. The van der Waals surface area contributed by atoms with Crippen molar-refractivity contribution >= 4 is 47.4 Å². The predicted molar refractivity (Wildman–Crippen MR) is 130 cm³/mol. The molecule has 6 heteroatoms. The normalized spacial score (nSPS) is 16.5. The first-order valence-corrected chi connectivity index (χ1v) is 12.1. The minimum Gasteiger partial charge on any atom is -0.508 e. The Labute approximate surface area is 182 Å². The van der Waals surface area contributed by atoms with E-state index in [4.69, 9.17) is 12.2 Å². The highest BCUT2D eigenvalue weighted by molar-refractivity contribution is 14.2. The van der Waals surface area contributed by atoms with E-state index < -0.39 is 21.0 Å². The first-order valence-electron chi connectivity index (χ1n) is 9.54. The molecule has 4 N–H and O–H groups in total. The van der Waals surface area contributed by atoms with Gasteiger partial charge in [0.1, 0.15) is 11.5 Å². The van der Waals surface area contributed by atoms with Gasteiger partial charge >= 0.3 is 0 Å². The number of phenolic OH excluding ortho intramolecular Hbond substituents is 2. The maximum absolute atomic E-state index is 10.6. The molecule has 0 radical (unpaired) electrons. The third-order valence-electron chi connectivity index (χ3n) is 4.94. The van der Waals surface area contributed by atoms with Gasteiger partial charge in [-0.25, -0.2) is 0 Å². The summed E-state index contributed by atoms with van der Waals surface area (Å²) in [5.74, 6) is 0.384. The molecule has 0 saturated carbocycles. The Morgan fingerprint density at radius 3 is 2.61 bits per heavy atom. The minimum atomic E-state index is -0.534. The number of aryl methyl sites for hydroxylation is 1. The van der Waals surface area contributed by atoms with Crippen molar-refractivity contribution < 1.29 is 10.2 Å². The second kappa shape index (κ2) is 8.78. The second-order valence-corrected chi connectivity index (χ2v) is 10.1. The van der Waals surface area contributed by atoms with E-state index in [2.05, 4.69) is 40.9 Å². The summed E-state index contributed by atoms with van der Waals surface area (Å²) in [7, 11) is 0. The molecule has 0 fully saturated rings. The minimum absolute atomic E-state index is 0.0407. The Balaban J connectivity index is 2.05. The first kappa shape index (κ1) is 21.0. The predicted octanol–water partition coefficient (Wildman–Crippen LogP) is 5.47. The molecule has 1 atom stereocenters. The molecule has 150 valence electrons. The number of benzene rings is 2. The Kier molecular flexibility index (Phi) is 6.60. The van der Waals surface area contributed by atoms with E-state index >= 15 is 0 Å². The van der Waals surface area contributed by atoms with Gasteiger partial charge in [-0.1, -0.05) is 45.1 Å². The van der Waals surface area contributed by atoms with Gasteiger partial charge in [0.2, 0.25) is 0 Å². The second-order valence-electron chi connectivity index (χ2n) is 7.42. The van der Waals surface area contributed by atoms with Crippen molar-refractivity contribution in [2.75, 3.05) is 11.9 Å². The number of anilines is 1. The van der Waals surface area contributed by atoms with Gasteiger partial charge in [-0.05, 0) is 48.1 Å². The van der Waals surface area contributed by atoms with Gasteiger partial charge in [-0.15, -0.1) is 0 Å². The summed E-state index contributed by atoms with van der Waals surface area (Å²) in [5, 5.41) is 24.3. The molecular weight excluding hydrogens is 483 g/mol. The Morgan fingerprint density at radius 2 is 1.93 bits per heavy atom. The molecule has 3 rings (SSSR count). The molecule has 2 aromatic carbocycles. The Morgan fingerprint density at radius 1 is 1.18 bits per heavy atom. The summed E-state index contributed by atoms with van der Waals surface area (Å²) in [6.07, 6.45) is 1.06. The molecule has 0 bridgehead atoms. The highest BCUT2D eigenvalue weighted by atomic mass is 127. The maximum Gasteiger partial charge on any atom is 0.127 e. The van der Waals surface area contributed by atoms with Crippen LogP contribution in [0.2, 0.25) is 0 Å². The fourth-order valence-corrected chi connectivity index (χ4v) is 6.64. The Bertz CT molecular complexity index is 940. The van der Waals surface area contributed by atoms with E-state index in [0.717, 1.165) is 43.8 Å². The number of thiocarbonyl (C=S) groups is 1. The van der Waals surface area contributed by atoms with Crippen molar-refractivity contribution in [1.82, 2.24) is 3.53 Å². The molecule has 28 heavy (non-hydrogen) atoms. The number of rotatable bonds is 6. The molecule has 0 saturated heterocycles. The number of aromatic hydroxyl groups is 2. The van der Waals surface area contributed by atoms with Crippen molar-refractivity contribution in [3.63, 3.8) is 0 Å². The summed E-state index contributed by atoms with van der Waals surface area (Å²) < 4.78 is 4.54. The number of hydrogen-bond donors (Lipinski definition) is 4. The van der Waals surface area contributed by atoms with Crippen LogP contribution in [0, 0.1) is 6.92 Å². The van der Waals surface area contributed by atoms with E-state index in [9.17, 15) is 10.2 Å². The van der Waals surface area contributed by atoms with Crippen molar-refractivity contribution in [2.24, 2.45) is 0 Å². The van der Waals surface area contributed by atoms with Crippen molar-refractivity contribution in [1.29, 1.82) is 0 Å². The summed E-state index contributed by atoms with van der Waals surface area (Å²) in [6, 6.07) is 9.82. The van der Waals surface area contributed by atoms with E-state index in [1.54, 1.807) is 0 Å². The molecule has 1 aliphatic rings. The van der Waals surface area contributed by atoms with Crippen LogP contribution in [0.25, 0.3) is 0 Å². The first-order chi connectivity index (χ1) is 13.3. The van der Waals surface area contributed by atoms with Crippen LogP contribution in [-0.4, -0.2) is 25.3 Å². The lowest BCUT2D eigenvalue weighted by Gasteiger charge is -2.19. The average Bonchev–Trinajstić information content (AvgIpc) is 3.02. The van der Waals surface area contributed by atoms with E-state index in [-0.39, 0.29) is 23.3 Å². The topological polar surface area (TPSA) is 64.5 Å². The SMILES string of the molecule is CCCNc1cc([C@H]2C(=S)NI=C2c2cc(C(C)C)c(O)cc2O)ccc1C. The van der Waals surface area contributed by atoms with Crippen LogP contribution in [0.4, 0.5) is 5.69 Å². The van der Waals surface area contributed by atoms with Crippen LogP contribution in [0.1, 0.15) is 61.3 Å². The van der Waals surface area contributed by atoms with Crippen molar-refractivity contribution in [2.45, 2.75) is 46.0 Å². The van der Waals surface area contributed by atoms with Gasteiger partial charge in [0.15, 0.2) is 0 Å². The smallest absolute Gasteiger partial charge is 0.127 e. The van der Waals surface area contributed by atoms with E-state index in [1.807, 2.05) is 19.9 Å². The van der Waals surface area contributed by atoms with Gasteiger partial charge < -0.3 is 19.1 Å². The highest BCUT2D eigenvalue weighted by Gasteiger charge is 2.31. The van der Waals surface area contributed by atoms with Crippen LogP contribution < -0.4 is 8.85 Å². The quantitative estimate of drug-likeness (QED) is 0.236. The molecule has 0 aliphatic carbocycles. The van der Waals surface area contributed by atoms with Gasteiger partial charge in [0.05, 0.1) is 10.9 Å². The highest BCUT2D eigenvalue weighted by Crippen LogP contribution is 2.39. The van der Waals surface area contributed by atoms with Crippen LogP contribution >= 0.6 is 33.2 Å². The molecule has 0 amide bonds. The van der Waals surface area contributed by atoms with Crippen molar-refractivity contribution in [3.05, 3.63) is 52.6 Å². The van der Waals surface area contributed by atoms with Gasteiger partial charge in [0.25, 0.3) is 0 Å². The fraction of sp³-hybridized carbons (Fsp3) is 0.364. The zero-order chi connectivity index (χ0) is 20.4. The fourth-order valence-electron chi connectivity index (χ4n) is 3.34. The van der Waals surface area contributed by atoms with Crippen LogP contribution in [0.15, 0.2) is 30.3 Å². The van der Waals surface area contributed by atoms with E-state index in [1.165, 1.54) is 11.6 Å². The number of hydrogen-bond acceptors (Lipinski definition) is 4. The lowest BCUT2D eigenvalue weighted by Crippen LogP contribution is -2.20. The molecule has 4 nitrogen and oxygen atoms in total. The summed E-state index contributed by atoms with van der Waals surface area (Å²) in [6.45, 7) is 9.26. The van der Waals surface area contributed by atoms with Gasteiger partial charge in [0, 0.05) is 48.4 Å². The average molecular weight is 510 g/mol. The lowest BCUT2D eigenvalue weighted by molar-refractivity contribution is 0.443. The lowest BCUT2D eigenvalue weighted by atomic mass is 9.88. The van der Waals surface area contributed by atoms with Gasteiger partial charge in [-0.2, -0.15) is 0 Å². The molecule has 0 unspecified atom stereocenters.